The van der Waals surface area contributed by atoms with E-state index < -0.39 is 72.6 Å². The molecule has 1 unspecified atom stereocenters. The molecule has 26 N–H and O–H groups in total. The lowest BCUT2D eigenvalue weighted by Gasteiger charge is -2.07. The number of benzene rings is 2. The second kappa shape index (κ2) is 46.3. The number of unbranched alkanes of at least 4 members (excludes halogenated alkanes) is 2. The summed E-state index contributed by atoms with van der Waals surface area (Å²) >= 11 is 1.60. The summed E-state index contributed by atoms with van der Waals surface area (Å²) in [7, 11) is 0. The van der Waals surface area contributed by atoms with E-state index in [-0.39, 0.29) is 12.5 Å². The highest BCUT2D eigenvalue weighted by atomic mass is 32.2. The van der Waals surface area contributed by atoms with E-state index in [0.29, 0.717) is 32.4 Å². The van der Waals surface area contributed by atoms with Crippen LogP contribution in [0.5, 0.6) is 0 Å². The zero-order valence-corrected chi connectivity index (χ0v) is 39.2. The zero-order chi connectivity index (χ0) is 52.2. The number of H-pyrrole nitrogens is 1. The largest absolute Gasteiger partial charge is 0.480 e. The molecule has 0 radical (unpaired) electrons. The molecular weight excluding hydrogens is 885 g/mol. The van der Waals surface area contributed by atoms with E-state index in [1.807, 2.05) is 67.0 Å². The maximum atomic E-state index is 10.6. The third-order valence-electron chi connectivity index (χ3n) is 7.66. The summed E-state index contributed by atoms with van der Waals surface area (Å²) in [6.07, 6.45) is 8.78. The van der Waals surface area contributed by atoms with Crippen LogP contribution in [-0.4, -0.2) is 152 Å². The number of para-hydroxylation sites is 1. The van der Waals surface area contributed by atoms with Gasteiger partial charge in [0.15, 0.2) is 0 Å². The van der Waals surface area contributed by atoms with Crippen LogP contribution in [0, 0.1) is 5.92 Å². The van der Waals surface area contributed by atoms with Gasteiger partial charge in [0.2, 0.25) is 0 Å². The van der Waals surface area contributed by atoms with Crippen LogP contribution in [0.4, 0.5) is 0 Å². The monoisotopic (exact) mass is 963 g/mol. The van der Waals surface area contributed by atoms with Crippen LogP contribution in [0.25, 0.3) is 10.9 Å². The van der Waals surface area contributed by atoms with Crippen molar-refractivity contribution < 1.29 is 64.5 Å². The summed E-state index contributed by atoms with van der Waals surface area (Å²) in [6, 6.07) is 12.9. The number of hydrogen-bond acceptors (Lipinski definition) is 17. The van der Waals surface area contributed by atoms with Crippen molar-refractivity contribution in [3.05, 3.63) is 71.9 Å². The first-order valence-corrected chi connectivity index (χ1v) is 21.9. The Hall–Kier alpha value is -5.25. The number of aromatic nitrogens is 1. The van der Waals surface area contributed by atoms with Crippen molar-refractivity contribution in [2.45, 2.75) is 89.5 Å². The van der Waals surface area contributed by atoms with Gasteiger partial charge in [-0.25, -0.2) is 0 Å². The first-order chi connectivity index (χ1) is 30.9. The third-order valence-corrected chi connectivity index (χ3v) is 8.31. The smallest absolute Gasteiger partial charge is 0.322 e. The Morgan fingerprint density at radius 2 is 1.08 bits per heavy atom. The van der Waals surface area contributed by atoms with E-state index in [2.05, 4.69) is 17.6 Å². The number of rotatable bonds is 19. The van der Waals surface area contributed by atoms with Crippen molar-refractivity contribution >= 4 is 58.5 Å². The Kier molecular flexibility index (Phi) is 48.9. The molecule has 1 heterocycles. The number of fused-ring (bicyclic) bond motifs is 1. The highest BCUT2D eigenvalue weighted by Crippen LogP contribution is 2.18. The van der Waals surface area contributed by atoms with Crippen molar-refractivity contribution in [1.29, 1.82) is 0 Å². The molecule has 0 bridgehead atoms. The molecule has 24 heteroatoms. The van der Waals surface area contributed by atoms with Gasteiger partial charge >= 0.3 is 35.8 Å². The number of nitrogens with one attached hydrogen (secondary N) is 1. The number of aromatic amines is 1. The van der Waals surface area contributed by atoms with Crippen LogP contribution < -0.4 is 51.6 Å². The lowest BCUT2D eigenvalue weighted by Crippen LogP contribution is -2.34. The second-order valence-corrected chi connectivity index (χ2v) is 14.8. The van der Waals surface area contributed by atoms with Gasteiger partial charge < -0.3 is 92.3 Å². The molecule has 0 aliphatic rings. The van der Waals surface area contributed by atoms with Crippen molar-refractivity contribution in [3.63, 3.8) is 0 Å². The Morgan fingerprint density at radius 3 is 1.39 bits per heavy atom. The van der Waals surface area contributed by atoms with Gasteiger partial charge in [-0.3, -0.25) is 28.8 Å². The number of thioether (sulfide) groups is 1. The molecule has 0 amide bonds. The molecule has 23 nitrogen and oxygen atoms in total. The Morgan fingerprint density at radius 1 is 0.621 bits per heavy atom. The first kappa shape index (κ1) is 69.8. The molecule has 1 aromatic heterocycles. The molecule has 2 aromatic carbocycles. The minimum absolute atomic E-state index is 0.0208. The summed E-state index contributed by atoms with van der Waals surface area (Å²) in [4.78, 5) is 63.1. The number of hydrogen-bond donors (Lipinski definition) is 17. The lowest BCUT2D eigenvalue weighted by atomic mass is 10.1. The van der Waals surface area contributed by atoms with Crippen molar-refractivity contribution in [3.8, 4) is 0 Å². The molecule has 380 valence electrons. The van der Waals surface area contributed by atoms with Gasteiger partial charge in [0.1, 0.15) is 30.2 Å². The second-order valence-electron chi connectivity index (χ2n) is 13.8. The molecule has 0 spiro atoms. The highest BCUT2D eigenvalue weighted by Gasteiger charge is 2.15. The molecule has 0 aliphatic heterocycles. The van der Waals surface area contributed by atoms with Crippen LogP contribution in [0.1, 0.15) is 57.6 Å². The van der Waals surface area contributed by atoms with E-state index in [1.165, 1.54) is 19.3 Å². The third kappa shape index (κ3) is 44.0. The molecule has 3 aromatic rings. The first-order valence-electron chi connectivity index (χ1n) is 20.5. The fourth-order valence-corrected chi connectivity index (χ4v) is 4.20. The molecule has 0 aliphatic carbocycles. The lowest BCUT2D eigenvalue weighted by molar-refractivity contribution is -0.140. The Bertz CT molecular complexity index is 1690. The predicted octanol–water partition coefficient (Wildman–Crippen LogP) is -0.572. The maximum absolute atomic E-state index is 10.6. The van der Waals surface area contributed by atoms with Crippen LogP contribution >= 0.6 is 11.8 Å². The molecule has 66 heavy (non-hydrogen) atoms. The van der Waals surface area contributed by atoms with Gasteiger partial charge in [0, 0.05) is 36.6 Å². The number of nitrogens with two attached hydrogens (primary N) is 9. The van der Waals surface area contributed by atoms with E-state index in [4.69, 9.17) is 81.6 Å². The van der Waals surface area contributed by atoms with Crippen molar-refractivity contribution in [2.75, 3.05) is 44.8 Å². The molecular formula is C42H78N10O13S. The molecule has 0 fully saturated rings. The van der Waals surface area contributed by atoms with E-state index in [1.54, 1.807) is 25.6 Å². The van der Waals surface area contributed by atoms with Gasteiger partial charge in [-0.1, -0.05) is 82.1 Å². The number of carbonyl (C=O) groups is 6. The minimum Gasteiger partial charge on any atom is -0.480 e. The topological polar surface area (TPSA) is 494 Å². The normalized spacial score (nSPS) is 11.9. The van der Waals surface area contributed by atoms with Crippen LogP contribution in [0.15, 0.2) is 60.8 Å². The van der Waals surface area contributed by atoms with Crippen LogP contribution in [0.2, 0.25) is 0 Å². The summed E-state index contributed by atoms with van der Waals surface area (Å²) in [5, 5.41) is 58.3. The average molecular weight is 963 g/mol. The Labute approximate surface area is 390 Å². The van der Waals surface area contributed by atoms with E-state index >= 15 is 0 Å². The number of aliphatic hydroxyl groups is 1. The highest BCUT2D eigenvalue weighted by molar-refractivity contribution is 7.98. The van der Waals surface area contributed by atoms with E-state index in [0.717, 1.165) is 34.3 Å². The minimum atomic E-state index is -1.18. The van der Waals surface area contributed by atoms with Gasteiger partial charge in [-0.2, -0.15) is 11.8 Å². The van der Waals surface area contributed by atoms with Gasteiger partial charge in [0.05, 0.1) is 13.2 Å². The van der Waals surface area contributed by atoms with Gasteiger partial charge in [0.25, 0.3) is 0 Å². The van der Waals surface area contributed by atoms with Crippen molar-refractivity contribution in [2.24, 2.45) is 57.5 Å². The fourth-order valence-electron chi connectivity index (χ4n) is 3.71. The number of aliphatic hydroxyl groups excluding tert-OH is 1. The van der Waals surface area contributed by atoms with E-state index in [9.17, 15) is 28.8 Å². The molecule has 3 rings (SSSR count). The maximum Gasteiger partial charge on any atom is 0.322 e. The number of aliphatic carboxylic acids is 6. The van der Waals surface area contributed by atoms with Gasteiger partial charge in [-0.15, -0.1) is 0 Å². The number of carboxylic acid groups (broad SMARTS) is 6. The zero-order valence-electron chi connectivity index (χ0n) is 38.4. The van der Waals surface area contributed by atoms with Crippen LogP contribution in [0.3, 0.4) is 0 Å². The predicted molar refractivity (Wildman–Crippen MR) is 259 cm³/mol. The molecule has 0 saturated carbocycles. The average Bonchev–Trinajstić information content (AvgIpc) is 3.70. The fraction of sp³-hybridized carbons (Fsp3) is 0.524. The van der Waals surface area contributed by atoms with Crippen LogP contribution in [-0.2, 0) is 41.6 Å². The summed E-state index contributed by atoms with van der Waals surface area (Å²) in [5.74, 6) is -5.09. The summed E-state index contributed by atoms with van der Waals surface area (Å²) in [5.41, 5.74) is 48.4. The standard InChI is InChI=1S/C11H12N2O2.C9H11NO2.C5H11NO2S.C5H11NO2.C5H13N.C3H7NO3.C2H8N2.C2H5NO2/c12-9(11(14)15)5-7-6-13-10-4-2-1-3-8(7)10;10-8(9(11)12)6-7-4-2-1-3-5-7;1-9-3-2-4(6)5(7)8;1-3(2)4(6)5(7)8;1-2-3-4-5-6;4-2(1-5)3(6)7;3-1-2-4;3-1-2(4)5/h1-4,6,9,13H,5,12H2,(H,14,15);1-5,8H,6,10H2,(H,11,12);4H,2-3,6H2,1H3,(H,7,8);3-4H,6H2,1-2H3,(H,7,8);2-6H2,1H3;2,5H,1,4H2,(H,6,7);1-4H2;1,3H2,(H,4,5)/t9-;8-;;4-;;2-;;/m00.0.0../s1. The Balaban J connectivity index is -0.000000223. The molecule has 0 saturated heterocycles. The quantitative estimate of drug-likeness (QED) is 0.0669. The van der Waals surface area contributed by atoms with Gasteiger partial charge in [-0.05, 0) is 60.9 Å². The number of carboxylic acids is 6. The summed E-state index contributed by atoms with van der Waals surface area (Å²) < 4.78 is 0. The van der Waals surface area contributed by atoms with Crippen molar-refractivity contribution in [1.82, 2.24) is 4.98 Å². The SMILES string of the molecule is CC(C)[C@H](N)C(=O)O.CCCCCN.CSCCC(N)C(=O)O.NCC(=O)O.NCCN.N[C@@H](CO)C(=O)O.N[C@@H](Cc1c[nH]c2ccccc12)C(=O)O.N[C@@H](Cc1ccccc1)C(=O)O. The molecule has 5 atom stereocenters. The summed E-state index contributed by atoms with van der Waals surface area (Å²) in [6.45, 7) is 7.00.